The molecule has 0 bridgehead atoms. The van der Waals surface area contributed by atoms with Crippen molar-refractivity contribution in [3.8, 4) is 5.75 Å². The van der Waals surface area contributed by atoms with Crippen molar-refractivity contribution in [2.24, 2.45) is 0 Å². The Morgan fingerprint density at radius 1 is 1.13 bits per heavy atom. The molecule has 0 saturated carbocycles. The van der Waals surface area contributed by atoms with Crippen molar-refractivity contribution in [1.82, 2.24) is 9.80 Å². The summed E-state index contributed by atoms with van der Waals surface area (Å²) in [4.78, 5) is 30.2. The molecule has 0 N–H and O–H groups in total. The van der Waals surface area contributed by atoms with E-state index in [2.05, 4.69) is 6.07 Å². The number of benzene rings is 1. The van der Waals surface area contributed by atoms with E-state index in [9.17, 15) is 9.59 Å². The number of hydrogen-bond donors (Lipinski definition) is 0. The predicted molar refractivity (Wildman–Crippen MR) is 119 cm³/mol. The number of likely N-dealkylation sites (tertiary alicyclic amines) is 1. The highest BCUT2D eigenvalue weighted by molar-refractivity contribution is 7.12. The molecule has 1 saturated heterocycles. The van der Waals surface area contributed by atoms with Crippen LogP contribution in [0.3, 0.4) is 0 Å². The Balaban J connectivity index is 1.50. The van der Waals surface area contributed by atoms with Gasteiger partial charge in [-0.2, -0.15) is 0 Å². The van der Waals surface area contributed by atoms with Gasteiger partial charge in [-0.3, -0.25) is 9.59 Å². The van der Waals surface area contributed by atoms with E-state index in [1.165, 1.54) is 11.3 Å². The molecular formula is C24H30N2O3S. The maximum absolute atomic E-state index is 12.9. The lowest BCUT2D eigenvalue weighted by Crippen LogP contribution is -2.52. The van der Waals surface area contributed by atoms with Crippen molar-refractivity contribution in [3.63, 3.8) is 0 Å². The van der Waals surface area contributed by atoms with Crippen LogP contribution in [0, 0.1) is 0 Å². The fourth-order valence-corrected chi connectivity index (χ4v) is 5.51. The van der Waals surface area contributed by atoms with Crippen LogP contribution in [0.2, 0.25) is 0 Å². The van der Waals surface area contributed by atoms with Crippen molar-refractivity contribution >= 4 is 23.2 Å². The monoisotopic (exact) mass is 426 g/mol. The fraction of sp³-hybridized carbons (Fsp3) is 0.500. The van der Waals surface area contributed by atoms with Crippen molar-refractivity contribution < 1.29 is 14.3 Å². The van der Waals surface area contributed by atoms with Crippen molar-refractivity contribution in [1.29, 1.82) is 0 Å². The minimum atomic E-state index is -0.297. The zero-order chi connectivity index (χ0) is 21.1. The zero-order valence-electron chi connectivity index (χ0n) is 17.8. The Bertz CT molecular complexity index is 884. The van der Waals surface area contributed by atoms with Crippen LogP contribution in [0.1, 0.15) is 60.7 Å². The van der Waals surface area contributed by atoms with Gasteiger partial charge in [-0.05, 0) is 43.3 Å². The molecule has 0 unspecified atom stereocenters. The molecule has 1 aromatic heterocycles. The first kappa shape index (κ1) is 20.9. The minimum absolute atomic E-state index is 0.115. The van der Waals surface area contributed by atoms with Gasteiger partial charge in [0.05, 0.1) is 4.88 Å². The molecule has 6 heteroatoms. The molecule has 1 spiro atoms. The van der Waals surface area contributed by atoms with Gasteiger partial charge in [0.2, 0.25) is 5.91 Å². The number of hydrogen-bond acceptors (Lipinski definition) is 4. The maximum Gasteiger partial charge on any atom is 0.263 e. The molecule has 160 valence electrons. The summed E-state index contributed by atoms with van der Waals surface area (Å²) in [5.41, 5.74) is 0.843. The molecule has 30 heavy (non-hydrogen) atoms. The third kappa shape index (κ3) is 4.10. The Morgan fingerprint density at radius 3 is 2.53 bits per heavy atom. The maximum atomic E-state index is 12.9. The molecule has 1 atom stereocenters. The van der Waals surface area contributed by atoms with Crippen LogP contribution in [-0.2, 0) is 4.79 Å². The summed E-state index contributed by atoms with van der Waals surface area (Å²) in [6, 6.07) is 11.9. The van der Waals surface area contributed by atoms with E-state index in [0.29, 0.717) is 19.5 Å². The second-order valence-electron chi connectivity index (χ2n) is 8.26. The molecule has 1 fully saturated rings. The van der Waals surface area contributed by atoms with Gasteiger partial charge in [-0.15, -0.1) is 11.3 Å². The molecule has 0 aliphatic carbocycles. The summed E-state index contributed by atoms with van der Waals surface area (Å²) in [5, 5.41) is 1.94. The second kappa shape index (κ2) is 8.80. The molecule has 2 amide bonds. The molecule has 0 radical (unpaired) electrons. The van der Waals surface area contributed by atoms with E-state index >= 15 is 0 Å². The van der Waals surface area contributed by atoms with Gasteiger partial charge in [-0.1, -0.05) is 24.3 Å². The second-order valence-corrected chi connectivity index (χ2v) is 9.21. The molecular weight excluding hydrogens is 396 g/mol. The van der Waals surface area contributed by atoms with E-state index in [1.54, 1.807) is 0 Å². The van der Waals surface area contributed by atoms with E-state index in [4.69, 9.17) is 4.74 Å². The number of carbonyl (C=O) groups is 2. The zero-order valence-corrected chi connectivity index (χ0v) is 18.6. The van der Waals surface area contributed by atoms with Gasteiger partial charge >= 0.3 is 0 Å². The van der Waals surface area contributed by atoms with Crippen LogP contribution >= 0.6 is 11.3 Å². The summed E-state index contributed by atoms with van der Waals surface area (Å²) in [6.07, 6.45) is 2.95. The molecule has 3 heterocycles. The quantitative estimate of drug-likeness (QED) is 0.705. The first-order valence-electron chi connectivity index (χ1n) is 10.9. The van der Waals surface area contributed by atoms with Crippen LogP contribution in [0.5, 0.6) is 5.75 Å². The highest BCUT2D eigenvalue weighted by atomic mass is 32.1. The highest BCUT2D eigenvalue weighted by Crippen LogP contribution is 2.46. The number of para-hydroxylation sites is 1. The standard InChI is InChI=1S/C24H30N2O3S/c1-3-25(4-2)22(27)16-18-17-24(29-20-9-6-5-8-19(18)20)11-13-26(14-12-24)23(28)21-10-7-15-30-21/h5-10,15,18H,3-4,11-14,16-17H2,1-2H3/t18-/m1/s1. The Labute approximate surface area is 182 Å². The summed E-state index contributed by atoms with van der Waals surface area (Å²) >= 11 is 1.49. The van der Waals surface area contributed by atoms with Gasteiger partial charge in [0, 0.05) is 51.4 Å². The normalized spacial score (nSPS) is 19.8. The lowest BCUT2D eigenvalue weighted by Gasteiger charge is -2.47. The van der Waals surface area contributed by atoms with Crippen LogP contribution in [0.15, 0.2) is 41.8 Å². The van der Waals surface area contributed by atoms with E-state index in [-0.39, 0.29) is 23.3 Å². The molecule has 2 aliphatic rings. The van der Waals surface area contributed by atoms with E-state index < -0.39 is 0 Å². The van der Waals surface area contributed by atoms with Gasteiger partial charge in [-0.25, -0.2) is 0 Å². The average Bonchev–Trinajstić information content (AvgIpc) is 3.30. The third-order valence-electron chi connectivity index (χ3n) is 6.53. The first-order chi connectivity index (χ1) is 14.5. The topological polar surface area (TPSA) is 49.9 Å². The summed E-state index contributed by atoms with van der Waals surface area (Å²) in [6.45, 7) is 6.92. The average molecular weight is 427 g/mol. The van der Waals surface area contributed by atoms with Crippen LogP contribution in [0.25, 0.3) is 0 Å². The SMILES string of the molecule is CCN(CC)C(=O)C[C@@H]1CC2(CCN(C(=O)c3cccs3)CC2)Oc2ccccc21. The smallest absolute Gasteiger partial charge is 0.263 e. The van der Waals surface area contributed by atoms with Crippen LogP contribution in [-0.4, -0.2) is 53.4 Å². The highest BCUT2D eigenvalue weighted by Gasteiger charge is 2.44. The van der Waals surface area contributed by atoms with Gasteiger partial charge < -0.3 is 14.5 Å². The summed E-state index contributed by atoms with van der Waals surface area (Å²) in [7, 11) is 0. The number of amides is 2. The molecule has 5 nitrogen and oxygen atoms in total. The van der Waals surface area contributed by atoms with Crippen LogP contribution < -0.4 is 4.74 Å². The third-order valence-corrected chi connectivity index (χ3v) is 7.39. The van der Waals surface area contributed by atoms with Gasteiger partial charge in [0.25, 0.3) is 5.91 Å². The van der Waals surface area contributed by atoms with E-state index in [0.717, 1.165) is 48.5 Å². The number of thiophene rings is 1. The van der Waals surface area contributed by atoms with Gasteiger partial charge in [0.15, 0.2) is 0 Å². The fourth-order valence-electron chi connectivity index (χ4n) is 4.82. The van der Waals surface area contributed by atoms with E-state index in [1.807, 2.05) is 59.4 Å². The molecule has 4 rings (SSSR count). The largest absolute Gasteiger partial charge is 0.487 e. The van der Waals surface area contributed by atoms with Crippen molar-refractivity contribution in [2.75, 3.05) is 26.2 Å². The number of ether oxygens (including phenoxy) is 1. The number of carbonyl (C=O) groups excluding carboxylic acids is 2. The van der Waals surface area contributed by atoms with Crippen LogP contribution in [0.4, 0.5) is 0 Å². The van der Waals surface area contributed by atoms with Gasteiger partial charge in [0.1, 0.15) is 11.4 Å². The lowest BCUT2D eigenvalue weighted by atomic mass is 9.76. The number of nitrogens with zero attached hydrogens (tertiary/aromatic N) is 2. The summed E-state index contributed by atoms with van der Waals surface area (Å²) < 4.78 is 6.54. The Morgan fingerprint density at radius 2 is 1.87 bits per heavy atom. The Hall–Kier alpha value is -2.34. The number of fused-ring (bicyclic) bond motifs is 1. The predicted octanol–water partition coefficient (Wildman–Crippen LogP) is 4.55. The minimum Gasteiger partial charge on any atom is -0.487 e. The number of rotatable bonds is 5. The molecule has 2 aliphatic heterocycles. The molecule has 1 aromatic carbocycles. The first-order valence-corrected chi connectivity index (χ1v) is 11.8. The lowest BCUT2D eigenvalue weighted by molar-refractivity contribution is -0.131. The number of piperidine rings is 1. The Kier molecular flexibility index (Phi) is 6.14. The summed E-state index contributed by atoms with van der Waals surface area (Å²) in [5.74, 6) is 1.38. The molecule has 2 aromatic rings. The van der Waals surface area contributed by atoms with Crippen molar-refractivity contribution in [3.05, 3.63) is 52.2 Å². The van der Waals surface area contributed by atoms with Crippen molar-refractivity contribution in [2.45, 2.75) is 51.0 Å².